The molecule has 174 valence electrons. The molecule has 7 heteroatoms. The van der Waals surface area contributed by atoms with Gasteiger partial charge in [0.2, 0.25) is 0 Å². The number of hydrogen-bond donors (Lipinski definition) is 0. The summed E-state index contributed by atoms with van der Waals surface area (Å²) in [5.41, 5.74) is 0.501. The van der Waals surface area contributed by atoms with E-state index >= 15 is 0 Å². The Morgan fingerprint density at radius 2 is 1.50 bits per heavy atom. The number of halogens is 3. The molecule has 0 aliphatic heterocycles. The summed E-state index contributed by atoms with van der Waals surface area (Å²) < 4.78 is 52.6. The zero-order valence-electron chi connectivity index (χ0n) is 19.2. The summed E-state index contributed by atoms with van der Waals surface area (Å²) in [5.74, 6) is -4.80. The van der Waals surface area contributed by atoms with Crippen LogP contribution in [0.2, 0.25) is 0 Å². The van der Waals surface area contributed by atoms with Crippen LogP contribution in [0.5, 0.6) is 0 Å². The van der Waals surface area contributed by atoms with Gasteiger partial charge in [-0.25, -0.2) is 13.2 Å². The summed E-state index contributed by atoms with van der Waals surface area (Å²) in [4.78, 5) is 24.7. The van der Waals surface area contributed by atoms with Crippen molar-refractivity contribution in [1.29, 1.82) is 0 Å². The van der Waals surface area contributed by atoms with E-state index in [0.29, 0.717) is 11.1 Å². The molecule has 0 aromatic heterocycles. The molecule has 0 N–H and O–H groups in total. The Morgan fingerprint density at radius 3 is 2.03 bits per heavy atom. The Kier molecular flexibility index (Phi) is 8.10. The largest absolute Gasteiger partial charge is 0.461 e. The van der Waals surface area contributed by atoms with E-state index in [-0.39, 0.29) is 12.0 Å². The average Bonchev–Trinajstić information content (AvgIpc) is 2.63. The number of rotatable bonds is 7. The van der Waals surface area contributed by atoms with Crippen LogP contribution in [0.1, 0.15) is 63.6 Å². The number of carbonyl (C=O) groups excluding carboxylic acids is 2. The Bertz CT molecular complexity index is 930. The van der Waals surface area contributed by atoms with Crippen LogP contribution >= 0.6 is 0 Å². The molecule has 0 aliphatic carbocycles. The summed E-state index contributed by atoms with van der Waals surface area (Å²) in [6.45, 7) is 9.95. The van der Waals surface area contributed by atoms with Crippen LogP contribution in [0.3, 0.4) is 0 Å². The van der Waals surface area contributed by atoms with Crippen LogP contribution in [0.25, 0.3) is 0 Å². The molecule has 4 nitrogen and oxygen atoms in total. The molecule has 0 fully saturated rings. The average molecular weight is 450 g/mol. The molecule has 3 atom stereocenters. The predicted octanol–water partition coefficient (Wildman–Crippen LogP) is 5.84. The maximum atomic E-state index is 14.7. The van der Waals surface area contributed by atoms with E-state index in [1.54, 1.807) is 34.6 Å². The van der Waals surface area contributed by atoms with Crippen molar-refractivity contribution in [3.05, 3.63) is 70.5 Å². The number of aryl methyl sites for hydroxylation is 1. The summed E-state index contributed by atoms with van der Waals surface area (Å²) in [6, 6.07) is 7.17. The SMILES string of the molecule is Cc1cc(F)ccc1[C@@H](c1ccc(F)cc1F)[C@H](C)OC(=O)[C@H](C)CC(=O)OC(C)(C)C. The normalized spacial score (nSPS) is 14.4. The molecule has 0 heterocycles. The molecule has 0 amide bonds. The third kappa shape index (κ3) is 6.84. The van der Waals surface area contributed by atoms with Gasteiger partial charge in [-0.05, 0) is 69.5 Å². The van der Waals surface area contributed by atoms with E-state index in [4.69, 9.17) is 9.47 Å². The third-order valence-electron chi connectivity index (χ3n) is 4.93. The van der Waals surface area contributed by atoms with E-state index in [2.05, 4.69) is 0 Å². The van der Waals surface area contributed by atoms with E-state index in [1.165, 1.54) is 31.2 Å². The fourth-order valence-corrected chi connectivity index (χ4v) is 3.50. The van der Waals surface area contributed by atoms with E-state index in [0.717, 1.165) is 12.1 Å². The molecule has 0 spiro atoms. The first-order valence-corrected chi connectivity index (χ1v) is 10.4. The van der Waals surface area contributed by atoms with Gasteiger partial charge in [0.1, 0.15) is 29.2 Å². The van der Waals surface area contributed by atoms with E-state index in [1.807, 2.05) is 0 Å². The number of ether oxygens (including phenoxy) is 2. The lowest BCUT2D eigenvalue weighted by Crippen LogP contribution is -2.30. The minimum Gasteiger partial charge on any atom is -0.461 e. The molecule has 2 aromatic carbocycles. The third-order valence-corrected chi connectivity index (χ3v) is 4.93. The molecule has 0 bridgehead atoms. The highest BCUT2D eigenvalue weighted by Gasteiger charge is 2.31. The van der Waals surface area contributed by atoms with Crippen LogP contribution < -0.4 is 0 Å². The molecule has 0 unspecified atom stereocenters. The van der Waals surface area contributed by atoms with Crippen molar-refractivity contribution < 1.29 is 32.2 Å². The van der Waals surface area contributed by atoms with Gasteiger partial charge >= 0.3 is 11.9 Å². The minimum atomic E-state index is -0.882. The quantitative estimate of drug-likeness (QED) is 0.497. The molecule has 0 aliphatic rings. The van der Waals surface area contributed by atoms with Crippen molar-refractivity contribution in [2.75, 3.05) is 0 Å². The molecule has 2 aromatic rings. The number of esters is 2. The zero-order chi connectivity index (χ0) is 24.2. The van der Waals surface area contributed by atoms with Crippen LogP contribution in [0.15, 0.2) is 36.4 Å². The highest BCUT2D eigenvalue weighted by Crippen LogP contribution is 2.34. The fourth-order valence-electron chi connectivity index (χ4n) is 3.50. The van der Waals surface area contributed by atoms with Crippen molar-refractivity contribution >= 4 is 11.9 Å². The molecule has 0 saturated carbocycles. The van der Waals surface area contributed by atoms with Crippen molar-refractivity contribution in [2.45, 2.75) is 65.6 Å². The Balaban J connectivity index is 2.29. The van der Waals surface area contributed by atoms with Gasteiger partial charge in [0.05, 0.1) is 12.3 Å². The molecule has 0 radical (unpaired) electrons. The second-order valence-electron chi connectivity index (χ2n) is 8.98. The summed E-state index contributed by atoms with van der Waals surface area (Å²) in [6.07, 6.45) is -1.05. The lowest BCUT2D eigenvalue weighted by atomic mass is 9.84. The number of carbonyl (C=O) groups is 2. The van der Waals surface area contributed by atoms with Gasteiger partial charge in [0.15, 0.2) is 0 Å². The van der Waals surface area contributed by atoms with E-state index in [9.17, 15) is 22.8 Å². The van der Waals surface area contributed by atoms with Gasteiger partial charge in [-0.15, -0.1) is 0 Å². The smallest absolute Gasteiger partial charge is 0.309 e. The zero-order valence-corrected chi connectivity index (χ0v) is 19.2. The Hall–Kier alpha value is -2.83. The monoisotopic (exact) mass is 450 g/mol. The fraction of sp³-hybridized carbons (Fsp3) is 0.440. The maximum absolute atomic E-state index is 14.7. The summed E-state index contributed by atoms with van der Waals surface area (Å²) in [5, 5.41) is 0. The van der Waals surface area contributed by atoms with Crippen LogP contribution in [-0.4, -0.2) is 23.6 Å². The topological polar surface area (TPSA) is 52.6 Å². The minimum absolute atomic E-state index is 0.112. The summed E-state index contributed by atoms with van der Waals surface area (Å²) >= 11 is 0. The standard InChI is InChI=1S/C25H29F3O4/c1-14-11-17(26)7-9-19(14)23(20-10-8-18(27)13-21(20)28)16(3)31-24(30)15(2)12-22(29)32-25(4,5)6/h7-11,13,15-16,23H,12H2,1-6H3/t15-,16+,23+/m1/s1. The predicted molar refractivity (Wildman–Crippen MR) is 115 cm³/mol. The Labute approximate surface area is 186 Å². The Morgan fingerprint density at radius 1 is 0.938 bits per heavy atom. The second kappa shape index (κ2) is 10.2. The highest BCUT2D eigenvalue weighted by molar-refractivity contribution is 5.80. The van der Waals surface area contributed by atoms with Crippen molar-refractivity contribution in [1.82, 2.24) is 0 Å². The van der Waals surface area contributed by atoms with Gasteiger partial charge in [-0.2, -0.15) is 0 Å². The molecule has 2 rings (SSSR count). The first kappa shape index (κ1) is 25.4. The molecule has 32 heavy (non-hydrogen) atoms. The first-order chi connectivity index (χ1) is 14.8. The van der Waals surface area contributed by atoms with Crippen LogP contribution in [0, 0.1) is 30.3 Å². The van der Waals surface area contributed by atoms with Crippen molar-refractivity contribution in [2.24, 2.45) is 5.92 Å². The van der Waals surface area contributed by atoms with Crippen LogP contribution in [-0.2, 0) is 19.1 Å². The number of benzene rings is 2. The lowest BCUT2D eigenvalue weighted by molar-refractivity contribution is -0.163. The van der Waals surface area contributed by atoms with Gasteiger partial charge < -0.3 is 9.47 Å². The first-order valence-electron chi connectivity index (χ1n) is 10.4. The number of hydrogen-bond acceptors (Lipinski definition) is 4. The molecular weight excluding hydrogens is 421 g/mol. The van der Waals surface area contributed by atoms with Crippen LogP contribution in [0.4, 0.5) is 13.2 Å². The highest BCUT2D eigenvalue weighted by atomic mass is 19.1. The van der Waals surface area contributed by atoms with Gasteiger partial charge in [-0.1, -0.05) is 19.1 Å². The second-order valence-corrected chi connectivity index (χ2v) is 8.98. The lowest BCUT2D eigenvalue weighted by Gasteiger charge is -2.28. The molecule has 0 saturated heterocycles. The van der Waals surface area contributed by atoms with Gasteiger partial charge in [0.25, 0.3) is 0 Å². The maximum Gasteiger partial charge on any atom is 0.309 e. The molecular formula is C25H29F3O4. The van der Waals surface area contributed by atoms with Gasteiger partial charge in [0, 0.05) is 12.0 Å². The van der Waals surface area contributed by atoms with Crippen molar-refractivity contribution in [3.8, 4) is 0 Å². The summed E-state index contributed by atoms with van der Waals surface area (Å²) in [7, 11) is 0. The van der Waals surface area contributed by atoms with Crippen molar-refractivity contribution in [3.63, 3.8) is 0 Å². The van der Waals surface area contributed by atoms with E-state index < -0.39 is 52.9 Å². The van der Waals surface area contributed by atoms with Gasteiger partial charge in [-0.3, -0.25) is 9.59 Å².